The predicted octanol–water partition coefficient (Wildman–Crippen LogP) is 5.89. The third-order valence-corrected chi connectivity index (χ3v) is 6.46. The summed E-state index contributed by atoms with van der Waals surface area (Å²) in [7, 11) is 1.46. The molecule has 3 N–H and O–H groups in total. The number of carbonyl (C=O) groups excluding carboxylic acids is 2. The van der Waals surface area contributed by atoms with Crippen molar-refractivity contribution >= 4 is 46.2 Å². The third kappa shape index (κ3) is 6.42. The Hall–Kier alpha value is -5.02. The molecule has 0 bridgehead atoms. The lowest BCUT2D eigenvalue weighted by Crippen LogP contribution is -2.23. The number of alkyl halides is 3. The number of nitrogens with zero attached hydrogens (tertiary/aromatic N) is 6. The number of aryl methyl sites for hydroxylation is 1. The number of urea groups is 1. The summed E-state index contributed by atoms with van der Waals surface area (Å²) in [6, 6.07) is 8.15. The van der Waals surface area contributed by atoms with Gasteiger partial charge in [0.1, 0.15) is 5.56 Å². The second kappa shape index (κ2) is 11.7. The molecule has 0 aliphatic rings. The molecule has 3 amide bonds. The minimum Gasteiger partial charge on any atom is -0.375 e. The molecule has 0 unspecified atom stereocenters. The van der Waals surface area contributed by atoms with Crippen molar-refractivity contribution in [1.82, 2.24) is 29.4 Å². The number of ether oxygens (including phenoxy) is 1. The molecular weight excluding hydrogens is 591 g/mol. The molecule has 5 rings (SSSR count). The summed E-state index contributed by atoms with van der Waals surface area (Å²) >= 11 is 5.99. The van der Waals surface area contributed by atoms with Crippen LogP contribution in [0.1, 0.15) is 40.2 Å². The largest absolute Gasteiger partial charge is 0.420 e. The summed E-state index contributed by atoms with van der Waals surface area (Å²) in [5.41, 5.74) is 1.08. The fourth-order valence-electron chi connectivity index (χ4n) is 4.14. The van der Waals surface area contributed by atoms with Gasteiger partial charge in [0.2, 0.25) is 0 Å². The number of aromatic nitrogens is 6. The third-order valence-electron chi connectivity index (χ3n) is 6.28. The summed E-state index contributed by atoms with van der Waals surface area (Å²) in [5.74, 6) is -1.02. The van der Waals surface area contributed by atoms with Crippen molar-refractivity contribution in [3.63, 3.8) is 0 Å². The van der Waals surface area contributed by atoms with Crippen LogP contribution in [-0.2, 0) is 10.9 Å². The first-order chi connectivity index (χ1) is 20.4. The van der Waals surface area contributed by atoms with Crippen molar-refractivity contribution < 1.29 is 27.5 Å². The molecule has 222 valence electrons. The normalized spacial score (nSPS) is 12.3. The van der Waals surface area contributed by atoms with Crippen molar-refractivity contribution in [2.75, 3.05) is 23.1 Å². The van der Waals surface area contributed by atoms with E-state index in [9.17, 15) is 22.8 Å². The maximum absolute atomic E-state index is 14.1. The van der Waals surface area contributed by atoms with Crippen molar-refractivity contribution in [3.8, 4) is 5.82 Å². The van der Waals surface area contributed by atoms with Gasteiger partial charge in [0.05, 0.1) is 53.6 Å². The van der Waals surface area contributed by atoms with Gasteiger partial charge in [-0.25, -0.2) is 24.0 Å². The van der Waals surface area contributed by atoms with Gasteiger partial charge < -0.3 is 20.7 Å². The van der Waals surface area contributed by atoms with Gasteiger partial charge in [-0.3, -0.25) is 4.79 Å². The second-order valence-corrected chi connectivity index (χ2v) is 9.73. The van der Waals surface area contributed by atoms with Crippen LogP contribution in [-0.4, -0.2) is 48.4 Å². The molecule has 0 spiro atoms. The highest BCUT2D eigenvalue weighted by Gasteiger charge is 2.36. The molecule has 5 aromatic rings. The van der Waals surface area contributed by atoms with E-state index in [0.717, 1.165) is 22.5 Å². The number of pyridine rings is 1. The molecule has 0 fully saturated rings. The van der Waals surface area contributed by atoms with Crippen LogP contribution in [0.15, 0.2) is 61.2 Å². The summed E-state index contributed by atoms with van der Waals surface area (Å²) in [6.45, 7) is 3.58. The summed E-state index contributed by atoms with van der Waals surface area (Å²) < 4.78 is 49.9. The van der Waals surface area contributed by atoms with Crippen molar-refractivity contribution in [1.29, 1.82) is 0 Å². The highest BCUT2D eigenvalue weighted by atomic mass is 35.5. The monoisotopic (exact) mass is 613 g/mol. The lowest BCUT2D eigenvalue weighted by molar-refractivity contribution is -0.137. The Bertz CT molecular complexity index is 1820. The van der Waals surface area contributed by atoms with Crippen LogP contribution in [0.25, 0.3) is 11.5 Å². The minimum absolute atomic E-state index is 0.159. The molecule has 12 nitrogen and oxygen atoms in total. The van der Waals surface area contributed by atoms with E-state index in [1.165, 1.54) is 36.3 Å². The molecule has 43 heavy (non-hydrogen) atoms. The minimum atomic E-state index is -4.86. The highest BCUT2D eigenvalue weighted by molar-refractivity contribution is 6.29. The molecule has 0 saturated heterocycles. The second-order valence-electron chi connectivity index (χ2n) is 9.34. The Morgan fingerprint density at radius 3 is 2.44 bits per heavy atom. The Morgan fingerprint density at radius 2 is 1.74 bits per heavy atom. The quantitative estimate of drug-likeness (QED) is 0.208. The van der Waals surface area contributed by atoms with Gasteiger partial charge >= 0.3 is 12.2 Å². The molecule has 0 radical (unpaired) electrons. The average Bonchev–Trinajstić information content (AvgIpc) is 3.58. The van der Waals surface area contributed by atoms with Gasteiger partial charge in [0, 0.05) is 18.7 Å². The van der Waals surface area contributed by atoms with Crippen LogP contribution in [0, 0.1) is 6.92 Å². The summed E-state index contributed by atoms with van der Waals surface area (Å²) in [6.07, 6.45) is -0.619. The number of rotatable bonds is 7. The van der Waals surface area contributed by atoms with Crippen molar-refractivity contribution in [2.24, 2.45) is 0 Å². The lowest BCUT2D eigenvalue weighted by atomic mass is 10.1. The topological polar surface area (TPSA) is 140 Å². The number of benzene rings is 1. The van der Waals surface area contributed by atoms with Gasteiger partial charge in [-0.2, -0.15) is 23.4 Å². The number of anilines is 3. The zero-order chi connectivity index (χ0) is 30.9. The van der Waals surface area contributed by atoms with Gasteiger partial charge in [-0.1, -0.05) is 29.3 Å². The van der Waals surface area contributed by atoms with E-state index >= 15 is 0 Å². The maximum atomic E-state index is 14.1. The Labute approximate surface area is 246 Å². The Balaban J connectivity index is 1.36. The molecule has 4 aromatic heterocycles. The van der Waals surface area contributed by atoms with Gasteiger partial charge in [-0.05, 0) is 32.0 Å². The number of hydrogen-bond donors (Lipinski definition) is 3. The molecule has 0 aliphatic heterocycles. The average molecular weight is 614 g/mol. The number of hydrogen-bond acceptors (Lipinski definition) is 7. The highest BCUT2D eigenvalue weighted by Crippen LogP contribution is 2.35. The molecule has 0 aliphatic carbocycles. The number of methoxy groups -OCH3 is 1. The van der Waals surface area contributed by atoms with E-state index in [0.29, 0.717) is 16.9 Å². The maximum Gasteiger partial charge on any atom is 0.420 e. The molecule has 16 heteroatoms. The molecule has 1 aromatic carbocycles. The van der Waals surface area contributed by atoms with E-state index in [1.807, 2.05) is 6.92 Å². The van der Waals surface area contributed by atoms with Crippen LogP contribution in [0.3, 0.4) is 0 Å². The smallest absolute Gasteiger partial charge is 0.375 e. The Morgan fingerprint density at radius 1 is 1.00 bits per heavy atom. The van der Waals surface area contributed by atoms with E-state index in [-0.39, 0.29) is 22.2 Å². The van der Waals surface area contributed by atoms with Gasteiger partial charge in [0.15, 0.2) is 16.6 Å². The summed E-state index contributed by atoms with van der Waals surface area (Å²) in [5, 5.41) is 15.7. The zero-order valence-electron chi connectivity index (χ0n) is 22.8. The first kappa shape index (κ1) is 29.5. The number of carbonyl (C=O) groups is 2. The van der Waals surface area contributed by atoms with Crippen LogP contribution < -0.4 is 16.0 Å². The number of fused-ring (bicyclic) bond motifs is 1. The number of nitrogens with one attached hydrogen (secondary N) is 3. The summed E-state index contributed by atoms with van der Waals surface area (Å²) in [4.78, 5) is 33.4. The standard InChI is InChI=1S/C27H23ClF3N9O3/c1-14-4-6-16(7-5-14)25(41)35-18-11-34-39(13-18)24-19(27(29,30)31)8-17(10-33-24)36-26(42)37-20-12-32-22-9-21(28)38-40(22)23(20)15(2)43-3/h4-13,15H,1-3H3,(H,35,41)(H2,36,37,42)/t15-/m0/s1. The van der Waals surface area contributed by atoms with Crippen molar-refractivity contribution in [3.05, 3.63) is 88.7 Å². The van der Waals surface area contributed by atoms with Gasteiger partial charge in [0.25, 0.3) is 5.91 Å². The molecule has 1 atom stereocenters. The molecule has 4 heterocycles. The lowest BCUT2D eigenvalue weighted by Gasteiger charge is -2.17. The number of halogens is 4. The first-order valence-corrected chi connectivity index (χ1v) is 13.0. The van der Waals surface area contributed by atoms with Crippen LogP contribution in [0.4, 0.5) is 35.0 Å². The first-order valence-electron chi connectivity index (χ1n) is 12.6. The van der Waals surface area contributed by atoms with E-state index in [2.05, 4.69) is 36.1 Å². The van der Waals surface area contributed by atoms with E-state index < -0.39 is 35.6 Å². The van der Waals surface area contributed by atoms with E-state index in [1.54, 1.807) is 31.2 Å². The predicted molar refractivity (Wildman–Crippen MR) is 152 cm³/mol. The molecular formula is C27H23ClF3N9O3. The SMILES string of the molecule is CO[C@@H](C)c1c(NC(=O)Nc2cnc(-n3cc(NC(=O)c4ccc(C)cc4)cn3)c(C(F)(F)F)c2)cnc2cc(Cl)nn12. The van der Waals surface area contributed by atoms with Gasteiger partial charge in [-0.15, -0.1) is 0 Å². The van der Waals surface area contributed by atoms with Crippen LogP contribution >= 0.6 is 11.6 Å². The molecule has 0 saturated carbocycles. The van der Waals surface area contributed by atoms with E-state index in [4.69, 9.17) is 16.3 Å². The fourth-order valence-corrected chi connectivity index (χ4v) is 4.31. The van der Waals surface area contributed by atoms with Crippen molar-refractivity contribution in [2.45, 2.75) is 26.1 Å². The van der Waals surface area contributed by atoms with Crippen LogP contribution in [0.5, 0.6) is 0 Å². The zero-order valence-corrected chi connectivity index (χ0v) is 23.5. The van der Waals surface area contributed by atoms with Crippen LogP contribution in [0.2, 0.25) is 5.15 Å². The Kier molecular flexibility index (Phi) is 8.02. The number of amides is 3. The fraction of sp³-hybridized carbons (Fsp3) is 0.185.